The van der Waals surface area contributed by atoms with Gasteiger partial charge in [-0.25, -0.2) is 9.97 Å². The molecule has 2 heterocycles. The molecule has 1 aliphatic rings. The Morgan fingerprint density at radius 3 is 2.30 bits per heavy atom. The first kappa shape index (κ1) is 15.2. The van der Waals surface area contributed by atoms with Crippen LogP contribution in [-0.2, 0) is 0 Å². The van der Waals surface area contributed by atoms with E-state index in [9.17, 15) is 0 Å². The molecular formula is C15H27N5. The van der Waals surface area contributed by atoms with E-state index in [1.165, 1.54) is 0 Å². The van der Waals surface area contributed by atoms with Crippen LogP contribution in [0.25, 0.3) is 0 Å². The molecule has 1 aliphatic heterocycles. The summed E-state index contributed by atoms with van der Waals surface area (Å²) in [6, 6.07) is 2.12. The molecule has 0 amide bonds. The molecule has 1 aromatic rings. The molecular weight excluding hydrogens is 250 g/mol. The Bertz CT molecular complexity index is 392. The predicted molar refractivity (Wildman–Crippen MR) is 82.7 cm³/mol. The van der Waals surface area contributed by atoms with Gasteiger partial charge in [0, 0.05) is 44.6 Å². The Morgan fingerprint density at radius 2 is 1.75 bits per heavy atom. The quantitative estimate of drug-likeness (QED) is 0.900. The molecule has 0 aliphatic carbocycles. The Kier molecular flexibility index (Phi) is 4.94. The second kappa shape index (κ2) is 6.50. The Morgan fingerprint density at radius 1 is 1.15 bits per heavy atom. The van der Waals surface area contributed by atoms with Crippen molar-refractivity contribution in [3.05, 3.63) is 18.5 Å². The Balaban J connectivity index is 1.75. The lowest BCUT2D eigenvalue weighted by Crippen LogP contribution is -2.48. The summed E-state index contributed by atoms with van der Waals surface area (Å²) in [4.78, 5) is 13.4. The fourth-order valence-electron chi connectivity index (χ4n) is 2.38. The lowest BCUT2D eigenvalue weighted by molar-refractivity contribution is 0.218. The minimum Gasteiger partial charge on any atom is -0.338 e. The highest BCUT2D eigenvalue weighted by atomic mass is 15.3. The topological polar surface area (TPSA) is 58.3 Å². The van der Waals surface area contributed by atoms with Gasteiger partial charge >= 0.3 is 0 Å². The van der Waals surface area contributed by atoms with Crippen molar-refractivity contribution in [2.45, 2.75) is 33.2 Å². The highest BCUT2D eigenvalue weighted by Crippen LogP contribution is 2.20. The van der Waals surface area contributed by atoms with E-state index in [4.69, 9.17) is 5.73 Å². The van der Waals surface area contributed by atoms with E-state index >= 15 is 0 Å². The van der Waals surface area contributed by atoms with Crippen LogP contribution in [0.2, 0.25) is 0 Å². The van der Waals surface area contributed by atoms with Crippen LogP contribution in [0.4, 0.5) is 5.95 Å². The van der Waals surface area contributed by atoms with Gasteiger partial charge in [0.15, 0.2) is 0 Å². The number of hydrogen-bond acceptors (Lipinski definition) is 5. The average Bonchev–Trinajstić information content (AvgIpc) is 2.45. The zero-order valence-corrected chi connectivity index (χ0v) is 12.9. The Hall–Kier alpha value is -1.20. The molecule has 0 aromatic carbocycles. The average molecular weight is 277 g/mol. The van der Waals surface area contributed by atoms with Crippen molar-refractivity contribution in [3.8, 4) is 0 Å². The van der Waals surface area contributed by atoms with E-state index in [1.807, 2.05) is 6.07 Å². The van der Waals surface area contributed by atoms with Crippen molar-refractivity contribution in [2.75, 3.05) is 37.6 Å². The smallest absolute Gasteiger partial charge is 0.225 e. The van der Waals surface area contributed by atoms with Crippen molar-refractivity contribution in [1.82, 2.24) is 14.9 Å². The number of hydrogen-bond donors (Lipinski definition) is 1. The van der Waals surface area contributed by atoms with E-state index < -0.39 is 0 Å². The first-order valence-electron chi connectivity index (χ1n) is 7.47. The van der Waals surface area contributed by atoms with Crippen LogP contribution in [0, 0.1) is 5.41 Å². The van der Waals surface area contributed by atoms with Crippen molar-refractivity contribution in [1.29, 1.82) is 0 Å². The zero-order valence-electron chi connectivity index (χ0n) is 12.9. The van der Waals surface area contributed by atoms with E-state index in [-0.39, 0.29) is 11.5 Å². The van der Waals surface area contributed by atoms with Gasteiger partial charge in [0.25, 0.3) is 0 Å². The molecule has 5 heteroatoms. The third-order valence-electron chi connectivity index (χ3n) is 4.08. The number of nitrogens with two attached hydrogens (primary N) is 1. The van der Waals surface area contributed by atoms with Gasteiger partial charge in [-0.1, -0.05) is 20.8 Å². The molecule has 1 unspecified atom stereocenters. The highest BCUT2D eigenvalue weighted by molar-refractivity contribution is 5.29. The van der Waals surface area contributed by atoms with Gasteiger partial charge in [-0.2, -0.15) is 0 Å². The molecule has 0 radical (unpaired) electrons. The molecule has 0 saturated carbocycles. The molecule has 0 spiro atoms. The summed E-state index contributed by atoms with van der Waals surface area (Å²) in [5, 5.41) is 0. The fourth-order valence-corrected chi connectivity index (χ4v) is 2.38. The monoisotopic (exact) mass is 277 g/mol. The summed E-state index contributed by atoms with van der Waals surface area (Å²) in [5.41, 5.74) is 6.42. The maximum atomic E-state index is 6.23. The summed E-state index contributed by atoms with van der Waals surface area (Å²) in [5.74, 6) is 0.846. The molecule has 20 heavy (non-hydrogen) atoms. The second-order valence-electron chi connectivity index (χ2n) is 6.64. The number of rotatable bonds is 4. The van der Waals surface area contributed by atoms with Crippen molar-refractivity contribution in [2.24, 2.45) is 11.1 Å². The SMILES string of the molecule is CC(C)(C)C(N)CCN1CCN(c2ncccn2)CC1. The maximum absolute atomic E-state index is 6.23. The van der Waals surface area contributed by atoms with Crippen LogP contribution in [0.1, 0.15) is 27.2 Å². The van der Waals surface area contributed by atoms with Crippen molar-refractivity contribution < 1.29 is 0 Å². The first-order valence-corrected chi connectivity index (χ1v) is 7.47. The normalized spacial score (nSPS) is 19.1. The molecule has 1 aromatic heterocycles. The number of aromatic nitrogens is 2. The van der Waals surface area contributed by atoms with Gasteiger partial charge in [0.2, 0.25) is 5.95 Å². The van der Waals surface area contributed by atoms with Crippen molar-refractivity contribution in [3.63, 3.8) is 0 Å². The maximum Gasteiger partial charge on any atom is 0.225 e. The van der Waals surface area contributed by atoms with Crippen LogP contribution in [0.5, 0.6) is 0 Å². The van der Waals surface area contributed by atoms with Crippen LogP contribution in [0.15, 0.2) is 18.5 Å². The molecule has 1 fully saturated rings. The molecule has 2 rings (SSSR count). The molecule has 1 saturated heterocycles. The summed E-state index contributed by atoms with van der Waals surface area (Å²) in [6.07, 6.45) is 4.67. The standard InChI is InChI=1S/C15H27N5/c1-15(2,3)13(16)5-8-19-9-11-20(12-10-19)14-17-6-4-7-18-14/h4,6-7,13H,5,8-12,16H2,1-3H3. The lowest BCUT2D eigenvalue weighted by atomic mass is 9.85. The molecule has 112 valence electrons. The first-order chi connectivity index (χ1) is 9.47. The number of anilines is 1. The van der Waals surface area contributed by atoms with Crippen LogP contribution < -0.4 is 10.6 Å². The van der Waals surface area contributed by atoms with Gasteiger partial charge in [-0.15, -0.1) is 0 Å². The van der Waals surface area contributed by atoms with Crippen molar-refractivity contribution >= 4 is 5.95 Å². The van der Waals surface area contributed by atoms with Gasteiger partial charge in [0.05, 0.1) is 0 Å². The second-order valence-corrected chi connectivity index (χ2v) is 6.64. The van der Waals surface area contributed by atoms with Crippen LogP contribution in [-0.4, -0.2) is 53.6 Å². The molecule has 0 bridgehead atoms. The summed E-state index contributed by atoms with van der Waals surface area (Å²) in [7, 11) is 0. The van der Waals surface area contributed by atoms with E-state index in [1.54, 1.807) is 12.4 Å². The fraction of sp³-hybridized carbons (Fsp3) is 0.733. The summed E-state index contributed by atoms with van der Waals surface area (Å²) >= 11 is 0. The summed E-state index contributed by atoms with van der Waals surface area (Å²) in [6.45, 7) is 11.8. The third-order valence-corrected chi connectivity index (χ3v) is 4.08. The van der Waals surface area contributed by atoms with E-state index in [0.29, 0.717) is 0 Å². The zero-order chi connectivity index (χ0) is 14.6. The number of nitrogens with zero attached hydrogens (tertiary/aromatic N) is 4. The summed E-state index contributed by atoms with van der Waals surface area (Å²) < 4.78 is 0. The van der Waals surface area contributed by atoms with E-state index in [2.05, 4.69) is 40.5 Å². The van der Waals surface area contributed by atoms with Gasteiger partial charge < -0.3 is 10.6 Å². The minimum absolute atomic E-state index is 0.194. The Labute approximate surface area is 122 Å². The lowest BCUT2D eigenvalue weighted by Gasteiger charge is -2.36. The number of piperazine rings is 1. The molecule has 1 atom stereocenters. The van der Waals surface area contributed by atoms with Gasteiger partial charge in [0.1, 0.15) is 0 Å². The van der Waals surface area contributed by atoms with E-state index in [0.717, 1.165) is 45.1 Å². The van der Waals surface area contributed by atoms with Crippen LogP contribution >= 0.6 is 0 Å². The molecule has 5 nitrogen and oxygen atoms in total. The van der Waals surface area contributed by atoms with Gasteiger partial charge in [-0.3, -0.25) is 4.90 Å². The van der Waals surface area contributed by atoms with Crippen LogP contribution in [0.3, 0.4) is 0 Å². The third kappa shape index (κ3) is 4.15. The highest BCUT2D eigenvalue weighted by Gasteiger charge is 2.23. The largest absolute Gasteiger partial charge is 0.338 e. The minimum atomic E-state index is 0.194. The predicted octanol–water partition coefficient (Wildman–Crippen LogP) is 1.36. The molecule has 2 N–H and O–H groups in total. The van der Waals surface area contributed by atoms with Gasteiger partial charge in [-0.05, 0) is 24.4 Å².